The molecule has 0 spiro atoms. The second-order valence-electron chi connectivity index (χ2n) is 7.83. The Hall–Kier alpha value is -2.64. The number of hydrogen-bond acceptors (Lipinski definition) is 6. The van der Waals surface area contributed by atoms with Crippen molar-refractivity contribution < 1.29 is 9.47 Å². The van der Waals surface area contributed by atoms with Crippen molar-refractivity contribution in [3.63, 3.8) is 0 Å². The number of anilines is 1. The summed E-state index contributed by atoms with van der Waals surface area (Å²) in [4.78, 5) is 9.83. The first kappa shape index (κ1) is 20.6. The summed E-state index contributed by atoms with van der Waals surface area (Å²) in [5, 5.41) is 3.51. The maximum absolute atomic E-state index is 5.53. The minimum atomic E-state index is 0.367. The fourth-order valence-corrected chi connectivity index (χ4v) is 3.87. The van der Waals surface area contributed by atoms with Gasteiger partial charge in [0, 0.05) is 45.0 Å². The third-order valence-electron chi connectivity index (χ3n) is 5.71. The molecule has 3 aromatic rings. The second kappa shape index (κ2) is 9.45. The van der Waals surface area contributed by atoms with E-state index in [1.165, 1.54) is 5.56 Å². The number of hydrogen-bond donors (Lipinski definition) is 2. The molecule has 1 aromatic carbocycles. The predicted octanol–water partition coefficient (Wildman–Crippen LogP) is 3.57. The summed E-state index contributed by atoms with van der Waals surface area (Å²) in [6, 6.07) is 10.7. The number of ether oxygens (including phenoxy) is 2. The standard InChI is InChI=1S/C23H31N5O2/c1-16-17(2)25-23(24-15-18-7-5-4-6-8-18)21-22(16)28(20(26-21)11-12-29-3)27-19-9-13-30-14-10-19/h4-8,19,27H,9-15H2,1-3H3,(H,24,25). The molecule has 1 fully saturated rings. The Labute approximate surface area is 177 Å². The lowest BCUT2D eigenvalue weighted by Crippen LogP contribution is -2.34. The van der Waals surface area contributed by atoms with Gasteiger partial charge in [-0.05, 0) is 37.8 Å². The molecule has 2 aromatic heterocycles. The van der Waals surface area contributed by atoms with Gasteiger partial charge in [0.1, 0.15) is 11.3 Å². The summed E-state index contributed by atoms with van der Waals surface area (Å²) in [6.07, 6.45) is 2.72. The van der Waals surface area contributed by atoms with Crippen LogP contribution in [-0.4, -0.2) is 47.6 Å². The highest BCUT2D eigenvalue weighted by atomic mass is 16.5. The number of pyridine rings is 1. The summed E-state index contributed by atoms with van der Waals surface area (Å²) in [5.74, 6) is 1.79. The average molecular weight is 410 g/mol. The van der Waals surface area contributed by atoms with Gasteiger partial charge in [-0.2, -0.15) is 0 Å². The van der Waals surface area contributed by atoms with Crippen molar-refractivity contribution in [2.24, 2.45) is 0 Å². The summed E-state index contributed by atoms with van der Waals surface area (Å²) in [6.45, 7) is 7.09. The highest BCUT2D eigenvalue weighted by Crippen LogP contribution is 2.28. The normalized spacial score (nSPS) is 14.9. The average Bonchev–Trinajstić information content (AvgIpc) is 3.13. The topological polar surface area (TPSA) is 73.2 Å². The van der Waals surface area contributed by atoms with Crippen molar-refractivity contribution in [3.8, 4) is 0 Å². The number of nitrogens with zero attached hydrogens (tertiary/aromatic N) is 3. The number of imidazole rings is 1. The van der Waals surface area contributed by atoms with Gasteiger partial charge in [-0.25, -0.2) is 14.6 Å². The molecule has 0 atom stereocenters. The number of aromatic nitrogens is 3. The van der Waals surface area contributed by atoms with Crippen molar-refractivity contribution >= 4 is 16.9 Å². The molecule has 0 amide bonds. The first-order valence-corrected chi connectivity index (χ1v) is 10.7. The van der Waals surface area contributed by atoms with Crippen molar-refractivity contribution in [2.45, 2.75) is 45.7 Å². The Kier molecular flexibility index (Phi) is 6.50. The molecule has 0 saturated carbocycles. The highest BCUT2D eigenvalue weighted by molar-refractivity contribution is 5.90. The van der Waals surface area contributed by atoms with Crippen LogP contribution in [0.2, 0.25) is 0 Å². The van der Waals surface area contributed by atoms with E-state index < -0.39 is 0 Å². The smallest absolute Gasteiger partial charge is 0.154 e. The van der Waals surface area contributed by atoms with Crippen LogP contribution in [0.15, 0.2) is 30.3 Å². The lowest BCUT2D eigenvalue weighted by atomic mass is 10.1. The summed E-state index contributed by atoms with van der Waals surface area (Å²) >= 11 is 0. The van der Waals surface area contributed by atoms with E-state index >= 15 is 0 Å². The van der Waals surface area contributed by atoms with Gasteiger partial charge in [-0.1, -0.05) is 30.3 Å². The Balaban J connectivity index is 1.72. The number of nitrogens with one attached hydrogen (secondary N) is 2. The van der Waals surface area contributed by atoms with Crippen molar-refractivity contribution in [1.29, 1.82) is 0 Å². The van der Waals surface area contributed by atoms with Crippen LogP contribution in [0.1, 0.15) is 35.5 Å². The molecule has 160 valence electrons. The predicted molar refractivity (Wildman–Crippen MR) is 120 cm³/mol. The second-order valence-corrected chi connectivity index (χ2v) is 7.83. The third-order valence-corrected chi connectivity index (χ3v) is 5.71. The van der Waals surface area contributed by atoms with Gasteiger partial charge in [-0.15, -0.1) is 0 Å². The van der Waals surface area contributed by atoms with Crippen LogP contribution in [0, 0.1) is 13.8 Å². The number of methoxy groups -OCH3 is 1. The summed E-state index contributed by atoms with van der Waals surface area (Å²) in [5.41, 5.74) is 9.07. The highest BCUT2D eigenvalue weighted by Gasteiger charge is 2.22. The van der Waals surface area contributed by atoms with Gasteiger partial charge in [-0.3, -0.25) is 0 Å². The molecular weight excluding hydrogens is 378 g/mol. The van der Waals surface area contributed by atoms with E-state index in [0.717, 1.165) is 66.4 Å². The zero-order valence-corrected chi connectivity index (χ0v) is 18.1. The molecular formula is C23H31N5O2. The molecule has 7 heteroatoms. The molecule has 0 unspecified atom stereocenters. The van der Waals surface area contributed by atoms with Gasteiger partial charge in [0.2, 0.25) is 0 Å². The summed E-state index contributed by atoms with van der Waals surface area (Å²) in [7, 11) is 1.72. The summed E-state index contributed by atoms with van der Waals surface area (Å²) < 4.78 is 13.0. The Morgan fingerprint density at radius 2 is 1.90 bits per heavy atom. The lowest BCUT2D eigenvalue weighted by molar-refractivity contribution is 0.0880. The number of aryl methyl sites for hydroxylation is 2. The molecule has 1 aliphatic heterocycles. The largest absolute Gasteiger partial charge is 0.384 e. The Bertz CT molecular complexity index is 980. The van der Waals surface area contributed by atoms with E-state index in [1.54, 1.807) is 7.11 Å². The van der Waals surface area contributed by atoms with Crippen molar-refractivity contribution in [2.75, 3.05) is 37.7 Å². The first-order valence-electron chi connectivity index (χ1n) is 10.7. The molecule has 0 bridgehead atoms. The zero-order valence-electron chi connectivity index (χ0n) is 18.1. The van der Waals surface area contributed by atoms with Crippen LogP contribution < -0.4 is 10.7 Å². The monoisotopic (exact) mass is 409 g/mol. The quantitative estimate of drug-likeness (QED) is 0.593. The van der Waals surface area contributed by atoms with Gasteiger partial charge in [0.25, 0.3) is 0 Å². The first-order chi connectivity index (χ1) is 14.7. The SMILES string of the molecule is COCCc1nc2c(NCc3ccccc3)nc(C)c(C)c2n1NC1CCOCC1. The van der Waals surface area contributed by atoms with E-state index in [0.29, 0.717) is 19.2 Å². The van der Waals surface area contributed by atoms with Crippen LogP contribution in [0.4, 0.5) is 5.82 Å². The molecule has 0 aliphatic carbocycles. The van der Waals surface area contributed by atoms with Crippen LogP contribution in [-0.2, 0) is 22.4 Å². The third kappa shape index (κ3) is 4.42. The molecule has 1 saturated heterocycles. The molecule has 0 radical (unpaired) electrons. The maximum Gasteiger partial charge on any atom is 0.154 e. The molecule has 30 heavy (non-hydrogen) atoms. The maximum atomic E-state index is 5.53. The Morgan fingerprint density at radius 3 is 2.63 bits per heavy atom. The van der Waals surface area contributed by atoms with Gasteiger partial charge in [0.15, 0.2) is 5.82 Å². The molecule has 1 aliphatic rings. The number of rotatable bonds is 8. The van der Waals surface area contributed by atoms with E-state index in [1.807, 2.05) is 6.07 Å². The zero-order chi connectivity index (χ0) is 20.9. The molecule has 2 N–H and O–H groups in total. The fourth-order valence-electron chi connectivity index (χ4n) is 3.87. The van der Waals surface area contributed by atoms with E-state index in [4.69, 9.17) is 19.4 Å². The van der Waals surface area contributed by atoms with Crippen LogP contribution >= 0.6 is 0 Å². The van der Waals surface area contributed by atoms with Gasteiger partial charge < -0.3 is 20.2 Å². The van der Waals surface area contributed by atoms with Crippen LogP contribution in [0.3, 0.4) is 0 Å². The lowest BCUT2D eigenvalue weighted by Gasteiger charge is -2.26. The minimum absolute atomic E-state index is 0.367. The van der Waals surface area contributed by atoms with Crippen molar-refractivity contribution in [3.05, 3.63) is 53.0 Å². The number of fused-ring (bicyclic) bond motifs is 1. The minimum Gasteiger partial charge on any atom is -0.384 e. The van der Waals surface area contributed by atoms with E-state index in [2.05, 4.69) is 53.5 Å². The molecule has 4 rings (SSSR count). The van der Waals surface area contributed by atoms with Crippen molar-refractivity contribution in [1.82, 2.24) is 14.6 Å². The van der Waals surface area contributed by atoms with Gasteiger partial charge in [0.05, 0.1) is 12.1 Å². The number of benzene rings is 1. The van der Waals surface area contributed by atoms with Crippen LogP contribution in [0.5, 0.6) is 0 Å². The fraction of sp³-hybridized carbons (Fsp3) is 0.478. The molecule has 3 heterocycles. The van der Waals surface area contributed by atoms with E-state index in [9.17, 15) is 0 Å². The van der Waals surface area contributed by atoms with E-state index in [-0.39, 0.29) is 0 Å². The van der Waals surface area contributed by atoms with Gasteiger partial charge >= 0.3 is 0 Å². The Morgan fingerprint density at radius 1 is 1.13 bits per heavy atom. The van der Waals surface area contributed by atoms with Crippen LogP contribution in [0.25, 0.3) is 11.0 Å². The molecule has 7 nitrogen and oxygen atoms in total.